The molecule has 0 aromatic heterocycles. The van der Waals surface area contributed by atoms with Crippen LogP contribution in [0.2, 0.25) is 0 Å². The maximum absolute atomic E-state index is 12.8. The van der Waals surface area contributed by atoms with Gasteiger partial charge in [0.2, 0.25) is 5.91 Å². The Morgan fingerprint density at radius 1 is 1.04 bits per heavy atom. The van der Waals surface area contributed by atoms with Crippen molar-refractivity contribution in [1.82, 2.24) is 9.80 Å². The lowest BCUT2D eigenvalue weighted by Crippen LogP contribution is -2.52. The number of carbonyl (C=O) groups is 1. The molecule has 1 aliphatic rings. The third-order valence-electron chi connectivity index (χ3n) is 5.25. The molecule has 0 spiro atoms. The van der Waals surface area contributed by atoms with Crippen molar-refractivity contribution < 1.29 is 14.3 Å². The van der Waals surface area contributed by atoms with Crippen LogP contribution in [-0.4, -0.2) is 62.1 Å². The summed E-state index contributed by atoms with van der Waals surface area (Å²) in [5.41, 5.74) is 1.95. The lowest BCUT2D eigenvalue weighted by atomic mass is 10.1. The number of nitrogens with one attached hydrogen (secondary N) is 1. The minimum Gasteiger partial charge on any atom is -0.497 e. The third-order valence-corrected chi connectivity index (χ3v) is 5.25. The van der Waals surface area contributed by atoms with Gasteiger partial charge in [0.15, 0.2) is 0 Å². The number of carbonyl (C=O) groups excluding carboxylic acids is 1. The van der Waals surface area contributed by atoms with Gasteiger partial charge < -0.3 is 14.8 Å². The van der Waals surface area contributed by atoms with Crippen molar-refractivity contribution in [3.05, 3.63) is 54.1 Å². The summed E-state index contributed by atoms with van der Waals surface area (Å²) < 4.78 is 10.6. The van der Waals surface area contributed by atoms with Crippen molar-refractivity contribution in [2.24, 2.45) is 0 Å². The van der Waals surface area contributed by atoms with Crippen LogP contribution in [0.25, 0.3) is 0 Å². The SMILES string of the molecule is COc1ccc(OC)c(NC(=O)C(C)N2CCN(Cc3ccccc3)CC2)c1. The van der Waals surface area contributed by atoms with Crippen LogP contribution in [0.5, 0.6) is 11.5 Å². The summed E-state index contributed by atoms with van der Waals surface area (Å²) in [5, 5.41) is 2.99. The Balaban J connectivity index is 1.55. The fourth-order valence-electron chi connectivity index (χ4n) is 3.47. The molecule has 1 amide bonds. The van der Waals surface area contributed by atoms with E-state index in [1.807, 2.05) is 19.1 Å². The van der Waals surface area contributed by atoms with Crippen LogP contribution in [0.15, 0.2) is 48.5 Å². The van der Waals surface area contributed by atoms with Gasteiger partial charge in [0.25, 0.3) is 0 Å². The average Bonchev–Trinajstić information content (AvgIpc) is 2.74. The van der Waals surface area contributed by atoms with Gasteiger partial charge in [0, 0.05) is 38.8 Å². The normalized spacial score (nSPS) is 16.4. The van der Waals surface area contributed by atoms with Crippen LogP contribution in [0.3, 0.4) is 0 Å². The van der Waals surface area contributed by atoms with Crippen LogP contribution < -0.4 is 14.8 Å². The first-order valence-electron chi connectivity index (χ1n) is 9.64. The number of piperazine rings is 1. The molecule has 2 aromatic carbocycles. The number of benzene rings is 2. The number of amides is 1. The molecule has 0 bridgehead atoms. The van der Waals surface area contributed by atoms with Gasteiger partial charge in [0.1, 0.15) is 11.5 Å². The Kier molecular flexibility index (Phi) is 6.90. The molecule has 6 heteroatoms. The summed E-state index contributed by atoms with van der Waals surface area (Å²) >= 11 is 0. The van der Waals surface area contributed by atoms with E-state index in [1.165, 1.54) is 5.56 Å². The largest absolute Gasteiger partial charge is 0.497 e. The molecule has 0 aliphatic carbocycles. The number of anilines is 1. The van der Waals surface area contributed by atoms with Gasteiger partial charge in [-0.15, -0.1) is 0 Å². The van der Waals surface area contributed by atoms with Crippen molar-refractivity contribution in [3.63, 3.8) is 0 Å². The fraction of sp³-hybridized carbons (Fsp3) is 0.409. The van der Waals surface area contributed by atoms with E-state index in [0.717, 1.165) is 32.7 Å². The third kappa shape index (κ3) is 5.03. The molecule has 1 aliphatic heterocycles. The van der Waals surface area contributed by atoms with Crippen LogP contribution in [-0.2, 0) is 11.3 Å². The molecular weight excluding hydrogens is 354 g/mol. The highest BCUT2D eigenvalue weighted by molar-refractivity contribution is 5.96. The summed E-state index contributed by atoms with van der Waals surface area (Å²) in [6.45, 7) is 6.56. The van der Waals surface area contributed by atoms with Crippen molar-refractivity contribution in [2.75, 3.05) is 45.7 Å². The van der Waals surface area contributed by atoms with Crippen molar-refractivity contribution in [3.8, 4) is 11.5 Å². The molecule has 1 saturated heterocycles. The zero-order valence-electron chi connectivity index (χ0n) is 16.9. The van der Waals surface area contributed by atoms with Gasteiger partial charge in [-0.05, 0) is 24.6 Å². The maximum atomic E-state index is 12.8. The van der Waals surface area contributed by atoms with Gasteiger partial charge in [-0.1, -0.05) is 30.3 Å². The predicted molar refractivity (Wildman–Crippen MR) is 111 cm³/mol. The Morgan fingerprint density at radius 2 is 1.75 bits per heavy atom. The lowest BCUT2D eigenvalue weighted by Gasteiger charge is -2.37. The highest BCUT2D eigenvalue weighted by Gasteiger charge is 2.26. The molecule has 1 heterocycles. The highest BCUT2D eigenvalue weighted by Crippen LogP contribution is 2.29. The molecule has 1 unspecified atom stereocenters. The minimum atomic E-state index is -0.213. The average molecular weight is 383 g/mol. The second-order valence-electron chi connectivity index (χ2n) is 7.03. The van der Waals surface area contributed by atoms with Crippen LogP contribution in [0, 0.1) is 0 Å². The molecule has 1 atom stereocenters. The Hall–Kier alpha value is -2.57. The standard InChI is InChI=1S/C22H29N3O3/c1-17(22(26)23-20-15-19(27-2)9-10-21(20)28-3)25-13-11-24(12-14-25)16-18-7-5-4-6-8-18/h4-10,15,17H,11-14,16H2,1-3H3,(H,23,26). The molecule has 28 heavy (non-hydrogen) atoms. The van der Waals surface area contributed by atoms with Crippen molar-refractivity contribution in [2.45, 2.75) is 19.5 Å². The van der Waals surface area contributed by atoms with Gasteiger partial charge >= 0.3 is 0 Å². The number of nitrogens with zero attached hydrogens (tertiary/aromatic N) is 2. The molecule has 0 saturated carbocycles. The fourth-order valence-corrected chi connectivity index (χ4v) is 3.47. The summed E-state index contributed by atoms with van der Waals surface area (Å²) in [4.78, 5) is 17.4. The zero-order valence-corrected chi connectivity index (χ0v) is 16.9. The first-order chi connectivity index (χ1) is 13.6. The molecule has 2 aromatic rings. The number of methoxy groups -OCH3 is 2. The Bertz CT molecular complexity index is 774. The summed E-state index contributed by atoms with van der Waals surface area (Å²) in [5.74, 6) is 1.26. The summed E-state index contributed by atoms with van der Waals surface area (Å²) in [6.07, 6.45) is 0. The van der Waals surface area contributed by atoms with Gasteiger partial charge in [-0.2, -0.15) is 0 Å². The monoisotopic (exact) mass is 383 g/mol. The lowest BCUT2D eigenvalue weighted by molar-refractivity contribution is -0.121. The van der Waals surface area contributed by atoms with Gasteiger partial charge in [0.05, 0.1) is 25.9 Å². The highest BCUT2D eigenvalue weighted by atomic mass is 16.5. The second-order valence-corrected chi connectivity index (χ2v) is 7.03. The topological polar surface area (TPSA) is 54.0 Å². The number of rotatable bonds is 7. The van der Waals surface area contributed by atoms with E-state index in [4.69, 9.17) is 9.47 Å². The molecule has 3 rings (SSSR count). The van der Waals surface area contributed by atoms with E-state index in [9.17, 15) is 4.79 Å². The molecule has 150 valence electrons. The minimum absolute atomic E-state index is 0.0388. The van der Waals surface area contributed by atoms with Crippen LogP contribution in [0.4, 0.5) is 5.69 Å². The number of hydrogen-bond donors (Lipinski definition) is 1. The van der Waals surface area contributed by atoms with E-state index in [2.05, 4.69) is 39.4 Å². The number of hydrogen-bond acceptors (Lipinski definition) is 5. The second kappa shape index (κ2) is 9.57. The van der Waals surface area contributed by atoms with Crippen LogP contribution >= 0.6 is 0 Å². The van der Waals surface area contributed by atoms with Crippen molar-refractivity contribution in [1.29, 1.82) is 0 Å². The summed E-state index contributed by atoms with van der Waals surface area (Å²) in [7, 11) is 3.19. The first kappa shape index (κ1) is 20.2. The molecule has 6 nitrogen and oxygen atoms in total. The van der Waals surface area contributed by atoms with E-state index in [0.29, 0.717) is 17.2 Å². The smallest absolute Gasteiger partial charge is 0.241 e. The Morgan fingerprint density at radius 3 is 2.39 bits per heavy atom. The predicted octanol–water partition coefficient (Wildman–Crippen LogP) is 2.85. The molecular formula is C22H29N3O3. The van der Waals surface area contributed by atoms with E-state index < -0.39 is 0 Å². The molecule has 1 fully saturated rings. The van der Waals surface area contributed by atoms with Gasteiger partial charge in [-0.25, -0.2) is 0 Å². The zero-order chi connectivity index (χ0) is 19.9. The van der Waals surface area contributed by atoms with E-state index in [-0.39, 0.29) is 11.9 Å². The van der Waals surface area contributed by atoms with E-state index >= 15 is 0 Å². The van der Waals surface area contributed by atoms with Gasteiger partial charge in [-0.3, -0.25) is 14.6 Å². The molecule has 1 N–H and O–H groups in total. The van der Waals surface area contributed by atoms with E-state index in [1.54, 1.807) is 26.4 Å². The Labute approximate surface area is 167 Å². The quantitative estimate of drug-likeness (QED) is 0.797. The first-order valence-corrected chi connectivity index (χ1v) is 9.64. The summed E-state index contributed by atoms with van der Waals surface area (Å²) in [6, 6.07) is 15.7. The maximum Gasteiger partial charge on any atom is 0.241 e. The van der Waals surface area contributed by atoms with Crippen molar-refractivity contribution >= 4 is 11.6 Å². The molecule has 0 radical (unpaired) electrons. The number of ether oxygens (including phenoxy) is 2. The van der Waals surface area contributed by atoms with Crippen LogP contribution in [0.1, 0.15) is 12.5 Å².